The van der Waals surface area contributed by atoms with Crippen molar-refractivity contribution in [2.24, 2.45) is 0 Å². The molecular weight excluding hydrogens is 497 g/mol. The molecule has 4 N–H and O–H groups in total. The van der Waals surface area contributed by atoms with Crippen LogP contribution in [0, 0.1) is 12.7 Å². The van der Waals surface area contributed by atoms with Gasteiger partial charge in [-0.15, -0.1) is 0 Å². The number of hydrogen-bond acceptors (Lipinski definition) is 8. The van der Waals surface area contributed by atoms with E-state index in [1.54, 1.807) is 24.5 Å². The summed E-state index contributed by atoms with van der Waals surface area (Å²) in [5, 5.41) is 31.7. The lowest BCUT2D eigenvalue weighted by atomic mass is 9.81. The first-order valence-corrected chi connectivity index (χ1v) is 12.4. The Morgan fingerprint density at radius 2 is 2.03 bits per heavy atom. The molecule has 2 atom stereocenters. The van der Waals surface area contributed by atoms with Crippen molar-refractivity contribution in [1.82, 2.24) is 14.9 Å². The van der Waals surface area contributed by atoms with Crippen LogP contribution in [0.4, 0.5) is 4.39 Å². The van der Waals surface area contributed by atoms with E-state index in [4.69, 9.17) is 19.6 Å². The van der Waals surface area contributed by atoms with Crippen LogP contribution in [0.5, 0.6) is 0 Å². The normalized spacial score (nSPS) is 20.7. The Morgan fingerprint density at radius 1 is 1.29 bits per heavy atom. The van der Waals surface area contributed by atoms with Crippen LogP contribution in [0.15, 0.2) is 16.9 Å². The number of carbonyl (C=O) groups excluding carboxylic acids is 1. The molecule has 0 radical (unpaired) electrons. The zero-order valence-corrected chi connectivity index (χ0v) is 21.0. The van der Waals surface area contributed by atoms with Crippen LogP contribution in [0.2, 0.25) is 0 Å². The molecule has 10 nitrogen and oxygen atoms in total. The molecule has 3 aliphatic rings. The van der Waals surface area contributed by atoms with Gasteiger partial charge in [0.05, 0.1) is 35.6 Å². The number of aliphatic hydroxyl groups is 2. The largest absolute Gasteiger partial charge is 0.483 e. The number of fused-ring (bicyclic) bond motifs is 5. The highest BCUT2D eigenvalue weighted by Gasteiger charge is 2.45. The molecule has 0 saturated heterocycles. The second-order valence-electron chi connectivity index (χ2n) is 9.69. The second-order valence-corrected chi connectivity index (χ2v) is 9.69. The van der Waals surface area contributed by atoms with E-state index in [-0.39, 0.29) is 61.2 Å². The molecule has 38 heavy (non-hydrogen) atoms. The fourth-order valence-corrected chi connectivity index (χ4v) is 6.00. The van der Waals surface area contributed by atoms with Gasteiger partial charge in [0.2, 0.25) is 0 Å². The summed E-state index contributed by atoms with van der Waals surface area (Å²) < 4.78 is 21.6. The molecular formula is C27H28FN3O7. The fraction of sp³-hybridized carbons (Fsp3) is 0.407. The number of aryl methyl sites for hydroxylation is 1. The van der Waals surface area contributed by atoms with Gasteiger partial charge >= 0.3 is 5.97 Å². The molecule has 0 amide bonds. The maximum absolute atomic E-state index is 14.9. The number of cyclic esters (lactones) is 1. The number of rotatable bonds is 4. The van der Waals surface area contributed by atoms with Crippen LogP contribution in [-0.4, -0.2) is 50.5 Å². The number of hydrogen-bond donors (Lipinski definition) is 4. The van der Waals surface area contributed by atoms with Crippen molar-refractivity contribution < 1.29 is 34.0 Å². The molecule has 4 heterocycles. The molecule has 200 valence electrons. The van der Waals surface area contributed by atoms with E-state index in [1.165, 1.54) is 6.07 Å². The third kappa shape index (κ3) is 3.64. The van der Waals surface area contributed by atoms with E-state index in [1.807, 2.05) is 0 Å². The molecule has 0 unspecified atom stereocenters. The van der Waals surface area contributed by atoms with Crippen molar-refractivity contribution in [3.63, 3.8) is 0 Å². The van der Waals surface area contributed by atoms with Gasteiger partial charge in [-0.05, 0) is 48.9 Å². The maximum Gasteiger partial charge on any atom is 0.343 e. The molecule has 1 aromatic carbocycles. The summed E-state index contributed by atoms with van der Waals surface area (Å²) in [6, 6.07) is 3.02. The van der Waals surface area contributed by atoms with Crippen LogP contribution >= 0.6 is 0 Å². The number of carbonyl (C=O) groups is 2. The van der Waals surface area contributed by atoms with Gasteiger partial charge in [-0.2, -0.15) is 0 Å². The number of benzene rings is 1. The summed E-state index contributed by atoms with van der Waals surface area (Å²) >= 11 is 0. The van der Waals surface area contributed by atoms with Crippen LogP contribution in [0.25, 0.3) is 22.3 Å². The Bertz CT molecular complexity index is 1550. The third-order valence-corrected chi connectivity index (χ3v) is 7.88. The number of carboxylic acid groups (broad SMARTS) is 1. The number of nitrogens with zero attached hydrogens (tertiary/aromatic N) is 2. The lowest BCUT2D eigenvalue weighted by Crippen LogP contribution is -2.44. The number of esters is 1. The van der Waals surface area contributed by atoms with Crippen molar-refractivity contribution in [1.29, 1.82) is 0 Å². The Balaban J connectivity index is 0.000000937. The molecule has 2 aromatic heterocycles. The summed E-state index contributed by atoms with van der Waals surface area (Å²) in [5.74, 6) is -1.09. The van der Waals surface area contributed by atoms with Gasteiger partial charge in [0, 0.05) is 35.2 Å². The maximum atomic E-state index is 14.9. The van der Waals surface area contributed by atoms with Crippen LogP contribution in [-0.2, 0) is 39.5 Å². The fourth-order valence-electron chi connectivity index (χ4n) is 6.00. The van der Waals surface area contributed by atoms with Gasteiger partial charge in [-0.3, -0.25) is 9.59 Å². The molecule has 0 spiro atoms. The zero-order chi connectivity index (χ0) is 27.4. The average Bonchev–Trinajstić information content (AvgIpc) is 3.28. The molecule has 3 aromatic rings. The Hall–Kier alpha value is -3.67. The molecule has 0 fully saturated rings. The molecule has 2 aliphatic heterocycles. The lowest BCUT2D eigenvalue weighted by Gasteiger charge is -2.31. The van der Waals surface area contributed by atoms with E-state index in [0.717, 1.165) is 28.5 Å². The van der Waals surface area contributed by atoms with Crippen molar-refractivity contribution in [3.05, 3.63) is 61.7 Å². The number of pyridine rings is 2. The minimum atomic E-state index is -1.90. The van der Waals surface area contributed by atoms with Crippen LogP contribution < -0.4 is 10.9 Å². The van der Waals surface area contributed by atoms with Gasteiger partial charge in [0.25, 0.3) is 12.0 Å². The highest BCUT2D eigenvalue weighted by molar-refractivity contribution is 5.93. The van der Waals surface area contributed by atoms with E-state index < -0.39 is 11.6 Å². The Kier molecular flexibility index (Phi) is 6.54. The quantitative estimate of drug-likeness (QED) is 0.231. The minimum absolute atomic E-state index is 0.0156. The predicted octanol–water partition coefficient (Wildman–Crippen LogP) is 1.80. The molecule has 0 saturated carbocycles. The Labute approximate surface area is 216 Å². The van der Waals surface area contributed by atoms with Crippen molar-refractivity contribution >= 4 is 23.3 Å². The first-order valence-electron chi connectivity index (χ1n) is 12.4. The lowest BCUT2D eigenvalue weighted by molar-refractivity contribution is -0.172. The average molecular weight is 526 g/mol. The van der Waals surface area contributed by atoms with Crippen LogP contribution in [0.1, 0.15) is 59.2 Å². The van der Waals surface area contributed by atoms with Crippen molar-refractivity contribution in [3.8, 4) is 11.4 Å². The summed E-state index contributed by atoms with van der Waals surface area (Å²) in [7, 11) is 0. The van der Waals surface area contributed by atoms with Crippen molar-refractivity contribution in [2.75, 3.05) is 13.2 Å². The molecule has 0 bridgehead atoms. The third-order valence-electron chi connectivity index (χ3n) is 7.88. The Morgan fingerprint density at radius 3 is 2.71 bits per heavy atom. The van der Waals surface area contributed by atoms with Gasteiger partial charge < -0.3 is 29.9 Å². The standard InChI is InChI=1S/C26H26FN3O5.CH2O2/c1-3-26(34)16-8-20-23-14(10-30(20)24(32)15(16)11-35-25(26)33)22-18(28-6-7-31)5-4-13-12(2)17(27)9-19(29-23)21(13)22;2-1-3/h8-9,18,28,31,34H,3-7,10-11H2,1-2H3;1H,(H,2,3)/t18-,26-;/m0./s1. The SMILES string of the molecule is CC[C@@]1(O)C(=O)OCc2c1cc1n(c2=O)Cc2c-1nc1cc(F)c(C)c3c1c2[C@@H](NCCO)CC3.O=CO. The summed E-state index contributed by atoms with van der Waals surface area (Å²) in [4.78, 5) is 39.2. The number of nitrogens with one attached hydrogen (secondary N) is 1. The smallest absolute Gasteiger partial charge is 0.343 e. The topological polar surface area (TPSA) is 151 Å². The summed E-state index contributed by atoms with van der Waals surface area (Å²) in [6.45, 7) is 3.67. The first kappa shape index (κ1) is 26.0. The number of ether oxygens (including phenoxy) is 1. The van der Waals surface area contributed by atoms with E-state index in [9.17, 15) is 24.2 Å². The minimum Gasteiger partial charge on any atom is -0.483 e. The van der Waals surface area contributed by atoms with E-state index >= 15 is 0 Å². The molecule has 6 rings (SSSR count). The summed E-state index contributed by atoms with van der Waals surface area (Å²) in [5.41, 5.74) is 3.21. The highest BCUT2D eigenvalue weighted by atomic mass is 19.1. The number of halogens is 1. The first-order chi connectivity index (χ1) is 18.2. The monoisotopic (exact) mass is 525 g/mol. The van der Waals surface area contributed by atoms with Gasteiger partial charge in [0.1, 0.15) is 12.4 Å². The molecule has 11 heteroatoms. The number of aliphatic hydroxyl groups excluding tert-OH is 1. The molecule has 1 aliphatic carbocycles. The van der Waals surface area contributed by atoms with Gasteiger partial charge in [-0.25, -0.2) is 14.2 Å². The highest BCUT2D eigenvalue weighted by Crippen LogP contribution is 2.45. The number of aromatic nitrogens is 2. The summed E-state index contributed by atoms with van der Waals surface area (Å²) in [6.07, 6.45) is 1.47. The van der Waals surface area contributed by atoms with Crippen molar-refractivity contribution in [2.45, 2.75) is 57.9 Å². The van der Waals surface area contributed by atoms with Crippen LogP contribution in [0.3, 0.4) is 0 Å². The van der Waals surface area contributed by atoms with E-state index in [2.05, 4.69) is 5.32 Å². The second kappa shape index (κ2) is 9.57. The van der Waals surface area contributed by atoms with E-state index in [0.29, 0.717) is 35.4 Å². The predicted molar refractivity (Wildman–Crippen MR) is 134 cm³/mol. The zero-order valence-electron chi connectivity index (χ0n) is 21.0. The van der Waals surface area contributed by atoms with Gasteiger partial charge in [0.15, 0.2) is 5.60 Å². The van der Waals surface area contributed by atoms with Gasteiger partial charge in [-0.1, -0.05) is 6.92 Å².